The minimum absolute atomic E-state index is 0.188. The SMILES string of the molecule is CCOC(=O)c1c(NC(=O)c2c(-c3ccccc3Cl)noc2C)sc2c1CCN(C(=O)OCC)C2. The minimum Gasteiger partial charge on any atom is -0.462 e. The fourth-order valence-electron chi connectivity index (χ4n) is 3.92. The van der Waals surface area contributed by atoms with Gasteiger partial charge in [-0.3, -0.25) is 4.79 Å². The van der Waals surface area contributed by atoms with Gasteiger partial charge in [0.05, 0.1) is 30.3 Å². The summed E-state index contributed by atoms with van der Waals surface area (Å²) < 4.78 is 15.7. The molecule has 35 heavy (non-hydrogen) atoms. The number of carbonyl (C=O) groups excluding carboxylic acids is 3. The molecule has 2 aromatic heterocycles. The molecule has 9 nitrogen and oxygen atoms in total. The molecule has 0 aliphatic carbocycles. The van der Waals surface area contributed by atoms with Crippen LogP contribution in [0.3, 0.4) is 0 Å². The van der Waals surface area contributed by atoms with Crippen LogP contribution in [0.5, 0.6) is 0 Å². The van der Waals surface area contributed by atoms with Gasteiger partial charge in [-0.25, -0.2) is 9.59 Å². The molecule has 1 aromatic carbocycles. The van der Waals surface area contributed by atoms with Crippen molar-refractivity contribution in [1.82, 2.24) is 10.1 Å². The van der Waals surface area contributed by atoms with Gasteiger partial charge in [-0.1, -0.05) is 35.0 Å². The summed E-state index contributed by atoms with van der Waals surface area (Å²) in [5.41, 5.74) is 2.14. The highest BCUT2D eigenvalue weighted by atomic mass is 35.5. The fourth-order valence-corrected chi connectivity index (χ4v) is 5.40. The van der Waals surface area contributed by atoms with E-state index in [0.717, 1.165) is 10.4 Å². The number of esters is 1. The van der Waals surface area contributed by atoms with Gasteiger partial charge in [0.1, 0.15) is 22.0 Å². The summed E-state index contributed by atoms with van der Waals surface area (Å²) in [5, 5.41) is 7.66. The van der Waals surface area contributed by atoms with Crippen molar-refractivity contribution in [3.05, 3.63) is 56.6 Å². The van der Waals surface area contributed by atoms with Gasteiger partial charge in [0.2, 0.25) is 0 Å². The van der Waals surface area contributed by atoms with Gasteiger partial charge < -0.3 is 24.2 Å². The first kappa shape index (κ1) is 24.7. The second-order valence-corrected chi connectivity index (χ2v) is 9.21. The summed E-state index contributed by atoms with van der Waals surface area (Å²) in [6.45, 7) is 6.22. The summed E-state index contributed by atoms with van der Waals surface area (Å²) in [7, 11) is 0. The highest BCUT2D eigenvalue weighted by Gasteiger charge is 2.32. The number of aryl methyl sites for hydroxylation is 1. The van der Waals surface area contributed by atoms with E-state index in [1.54, 1.807) is 49.9 Å². The summed E-state index contributed by atoms with van der Waals surface area (Å²) >= 11 is 7.55. The molecule has 1 aliphatic heterocycles. The van der Waals surface area contributed by atoms with E-state index in [1.165, 1.54) is 11.3 Å². The molecule has 3 heterocycles. The molecule has 0 saturated heterocycles. The number of hydrogen-bond donors (Lipinski definition) is 1. The second-order valence-electron chi connectivity index (χ2n) is 7.70. The van der Waals surface area contributed by atoms with Gasteiger partial charge in [-0.15, -0.1) is 11.3 Å². The van der Waals surface area contributed by atoms with E-state index in [2.05, 4.69) is 10.5 Å². The quantitative estimate of drug-likeness (QED) is 0.441. The molecule has 0 atom stereocenters. The first-order chi connectivity index (χ1) is 16.8. The van der Waals surface area contributed by atoms with Crippen LogP contribution in [0.1, 0.15) is 50.8 Å². The molecule has 3 aromatic rings. The van der Waals surface area contributed by atoms with Crippen molar-refractivity contribution >= 4 is 45.9 Å². The maximum absolute atomic E-state index is 13.4. The zero-order chi connectivity index (χ0) is 25.1. The third-order valence-corrected chi connectivity index (χ3v) is 6.97. The molecular formula is C24H24ClN3O6S. The molecule has 0 unspecified atom stereocenters. The van der Waals surface area contributed by atoms with Crippen LogP contribution in [0.15, 0.2) is 28.8 Å². The van der Waals surface area contributed by atoms with Crippen LogP contribution in [0.2, 0.25) is 5.02 Å². The fraction of sp³-hybridized carbons (Fsp3) is 0.333. The molecule has 0 radical (unpaired) electrons. The van der Waals surface area contributed by atoms with E-state index in [4.69, 9.17) is 25.6 Å². The molecular weight excluding hydrogens is 494 g/mol. The lowest BCUT2D eigenvalue weighted by Gasteiger charge is -2.26. The van der Waals surface area contributed by atoms with E-state index in [9.17, 15) is 14.4 Å². The van der Waals surface area contributed by atoms with Crippen molar-refractivity contribution in [3.8, 4) is 11.3 Å². The van der Waals surface area contributed by atoms with Gasteiger partial charge in [-0.2, -0.15) is 0 Å². The molecule has 11 heteroatoms. The Morgan fingerprint density at radius 3 is 2.63 bits per heavy atom. The van der Waals surface area contributed by atoms with Crippen LogP contribution >= 0.6 is 22.9 Å². The molecule has 184 valence electrons. The van der Waals surface area contributed by atoms with Crippen molar-refractivity contribution < 1.29 is 28.4 Å². The summed E-state index contributed by atoms with van der Waals surface area (Å²) in [6, 6.07) is 7.01. The van der Waals surface area contributed by atoms with Crippen LogP contribution in [-0.2, 0) is 22.4 Å². The Bertz CT molecular complexity index is 1280. The first-order valence-corrected chi connectivity index (χ1v) is 12.3. The molecule has 0 spiro atoms. The number of carbonyl (C=O) groups is 3. The Balaban J connectivity index is 1.69. The van der Waals surface area contributed by atoms with Gasteiger partial charge >= 0.3 is 12.1 Å². The molecule has 1 N–H and O–H groups in total. The average molecular weight is 518 g/mol. The lowest BCUT2D eigenvalue weighted by Crippen LogP contribution is -2.36. The number of amides is 2. The van der Waals surface area contributed by atoms with E-state index < -0.39 is 18.0 Å². The number of rotatable bonds is 6. The third kappa shape index (κ3) is 4.89. The van der Waals surface area contributed by atoms with E-state index in [-0.39, 0.29) is 25.3 Å². The summed E-state index contributed by atoms with van der Waals surface area (Å²) in [4.78, 5) is 40.9. The van der Waals surface area contributed by atoms with Crippen LogP contribution < -0.4 is 5.32 Å². The lowest BCUT2D eigenvalue weighted by molar-refractivity contribution is 0.0526. The van der Waals surface area contributed by atoms with Crippen molar-refractivity contribution in [1.29, 1.82) is 0 Å². The van der Waals surface area contributed by atoms with Gasteiger partial charge in [-0.05, 0) is 38.8 Å². The maximum atomic E-state index is 13.4. The number of aromatic nitrogens is 1. The van der Waals surface area contributed by atoms with Crippen LogP contribution in [-0.4, -0.2) is 47.8 Å². The second kappa shape index (κ2) is 10.5. The normalized spacial score (nSPS) is 12.7. The number of benzene rings is 1. The molecule has 2 amide bonds. The largest absolute Gasteiger partial charge is 0.462 e. The molecule has 0 fully saturated rings. The van der Waals surface area contributed by atoms with Crippen molar-refractivity contribution in [3.63, 3.8) is 0 Å². The van der Waals surface area contributed by atoms with Gasteiger partial charge in [0, 0.05) is 17.0 Å². The molecule has 4 rings (SSSR count). The number of ether oxygens (including phenoxy) is 2. The average Bonchev–Trinajstić information content (AvgIpc) is 3.39. The molecule has 0 saturated carbocycles. The number of nitrogens with one attached hydrogen (secondary N) is 1. The van der Waals surface area contributed by atoms with E-state index in [1.807, 2.05) is 0 Å². The Morgan fingerprint density at radius 1 is 1.17 bits per heavy atom. The number of fused-ring (bicyclic) bond motifs is 1. The molecule has 0 bridgehead atoms. The topological polar surface area (TPSA) is 111 Å². The zero-order valence-corrected chi connectivity index (χ0v) is 21.0. The third-order valence-electron chi connectivity index (χ3n) is 5.51. The predicted molar refractivity (Wildman–Crippen MR) is 131 cm³/mol. The van der Waals surface area contributed by atoms with Crippen molar-refractivity contribution in [2.24, 2.45) is 0 Å². The van der Waals surface area contributed by atoms with Crippen molar-refractivity contribution in [2.75, 3.05) is 25.1 Å². The van der Waals surface area contributed by atoms with Crippen LogP contribution in [0.25, 0.3) is 11.3 Å². The standard InChI is InChI=1S/C24H24ClN3O6S/c1-4-32-23(30)19-15-10-11-28(24(31)33-5-2)12-17(15)35-22(19)26-21(29)18-13(3)34-27-20(18)14-8-6-7-9-16(14)25/h6-9H,4-5,10-12H2,1-3H3,(H,26,29). The minimum atomic E-state index is -0.529. The van der Waals surface area contributed by atoms with Gasteiger partial charge in [0.25, 0.3) is 5.91 Å². The highest BCUT2D eigenvalue weighted by Crippen LogP contribution is 2.39. The van der Waals surface area contributed by atoms with Crippen LogP contribution in [0, 0.1) is 6.92 Å². The number of nitrogens with zero attached hydrogens (tertiary/aromatic N) is 2. The molecule has 1 aliphatic rings. The summed E-state index contributed by atoms with van der Waals surface area (Å²) in [5.74, 6) is -0.715. The number of thiophene rings is 1. The smallest absolute Gasteiger partial charge is 0.410 e. The summed E-state index contributed by atoms with van der Waals surface area (Å²) in [6.07, 6.45) is 0.0190. The zero-order valence-electron chi connectivity index (χ0n) is 19.5. The Hall–Kier alpha value is -3.37. The Kier molecular flexibility index (Phi) is 7.42. The number of anilines is 1. The Labute approximate surface area is 210 Å². The van der Waals surface area contributed by atoms with E-state index >= 15 is 0 Å². The highest BCUT2D eigenvalue weighted by molar-refractivity contribution is 7.17. The van der Waals surface area contributed by atoms with Gasteiger partial charge in [0.15, 0.2) is 0 Å². The predicted octanol–water partition coefficient (Wildman–Crippen LogP) is 5.31. The van der Waals surface area contributed by atoms with E-state index in [0.29, 0.717) is 45.6 Å². The van der Waals surface area contributed by atoms with Crippen LogP contribution in [0.4, 0.5) is 9.80 Å². The Morgan fingerprint density at radius 2 is 1.91 bits per heavy atom. The lowest BCUT2D eigenvalue weighted by atomic mass is 10.0. The number of halogens is 1. The van der Waals surface area contributed by atoms with Crippen molar-refractivity contribution in [2.45, 2.75) is 33.7 Å². The monoisotopic (exact) mass is 517 g/mol. The first-order valence-electron chi connectivity index (χ1n) is 11.1. The maximum Gasteiger partial charge on any atom is 0.410 e. The number of hydrogen-bond acceptors (Lipinski definition) is 8.